The van der Waals surface area contributed by atoms with Gasteiger partial charge in [-0.05, 0) is 6.07 Å². The molecule has 0 fully saturated rings. The minimum Gasteiger partial charge on any atom is -0.509 e. The van der Waals surface area contributed by atoms with Gasteiger partial charge < -0.3 is 24.4 Å². The van der Waals surface area contributed by atoms with E-state index in [1.807, 2.05) is 0 Å². The van der Waals surface area contributed by atoms with Gasteiger partial charge in [-0.1, -0.05) is 19.1 Å². The lowest BCUT2D eigenvalue weighted by Gasteiger charge is -2.47. The van der Waals surface area contributed by atoms with Crippen molar-refractivity contribution in [3.63, 3.8) is 0 Å². The lowest BCUT2D eigenvalue weighted by atomic mass is 9.62. The van der Waals surface area contributed by atoms with Crippen molar-refractivity contribution in [1.82, 2.24) is 0 Å². The predicted molar refractivity (Wildman–Crippen MR) is 109 cm³/mol. The van der Waals surface area contributed by atoms with E-state index in [1.54, 1.807) is 0 Å². The maximum atomic E-state index is 13.3. The molecule has 0 saturated carbocycles. The van der Waals surface area contributed by atoms with Gasteiger partial charge in [0.05, 0.1) is 12.7 Å². The maximum Gasteiger partial charge on any atom is 0.317 e. The van der Waals surface area contributed by atoms with Crippen LogP contribution < -0.4 is 4.74 Å². The molecule has 2 aliphatic carbocycles. The van der Waals surface area contributed by atoms with Crippen LogP contribution in [0.1, 0.15) is 40.5 Å². The number of aliphatic hydroxyl groups excluding tert-OH is 1. The molecule has 1 aromatic rings. The predicted octanol–water partition coefficient (Wildman–Crippen LogP) is 1.58. The number of ether oxygens (including phenoxy) is 3. The molecule has 3 unspecified atom stereocenters. The lowest BCUT2D eigenvalue weighted by molar-refractivity contribution is -0.181. The van der Waals surface area contributed by atoms with Crippen LogP contribution in [0.3, 0.4) is 0 Å². The molecule has 0 aromatic heterocycles. The summed E-state index contributed by atoms with van der Waals surface area (Å²) in [7, 11) is 2.42. The summed E-state index contributed by atoms with van der Waals surface area (Å²) < 4.78 is 16.1. The Kier molecular flexibility index (Phi) is 5.20. The smallest absolute Gasteiger partial charge is 0.317 e. The molecular weight excluding hydrogens is 436 g/mol. The monoisotopic (exact) mass is 456 g/mol. The quantitative estimate of drug-likeness (QED) is 0.624. The van der Waals surface area contributed by atoms with Crippen molar-refractivity contribution in [2.45, 2.75) is 32.0 Å². The minimum atomic E-state index is -2.28. The van der Waals surface area contributed by atoms with Crippen LogP contribution in [0, 0.1) is 5.41 Å². The van der Waals surface area contributed by atoms with E-state index in [1.165, 1.54) is 32.2 Å². The summed E-state index contributed by atoms with van der Waals surface area (Å²) in [5.41, 5.74) is -3.24. The second-order valence-corrected chi connectivity index (χ2v) is 7.89. The zero-order chi connectivity index (χ0) is 24.2. The number of aliphatic hydroxyl groups is 1. The molecule has 2 N–H and O–H groups in total. The molecule has 3 aliphatic rings. The number of allylic oxidation sites excluding steroid dienone is 2. The van der Waals surface area contributed by atoms with Crippen LogP contribution in [-0.4, -0.2) is 65.7 Å². The van der Waals surface area contributed by atoms with E-state index in [-0.39, 0.29) is 28.9 Å². The van der Waals surface area contributed by atoms with Crippen molar-refractivity contribution >= 4 is 29.1 Å². The largest absolute Gasteiger partial charge is 0.509 e. The first-order valence-electron chi connectivity index (χ1n) is 10.1. The van der Waals surface area contributed by atoms with Crippen LogP contribution in [-0.2, 0) is 23.9 Å². The van der Waals surface area contributed by atoms with Crippen molar-refractivity contribution < 1.29 is 48.4 Å². The van der Waals surface area contributed by atoms with Gasteiger partial charge in [0, 0.05) is 31.1 Å². The summed E-state index contributed by atoms with van der Waals surface area (Å²) >= 11 is 0. The first-order valence-corrected chi connectivity index (χ1v) is 10.1. The second kappa shape index (κ2) is 7.66. The molecule has 3 atom stereocenters. The number of carboxylic acids is 1. The highest BCUT2D eigenvalue weighted by atomic mass is 16.5. The fourth-order valence-corrected chi connectivity index (χ4v) is 4.76. The third-order valence-corrected chi connectivity index (χ3v) is 6.34. The SMILES string of the molecule is CCC(=O)C1=C(O)C(OC)C2(C(=O)O)CC3=C(OC2C1=O)C(=O)c1c(OC)cccc1C3=O. The first kappa shape index (κ1) is 22.4. The number of hydrogen-bond acceptors (Lipinski definition) is 9. The lowest BCUT2D eigenvalue weighted by Crippen LogP contribution is -2.63. The van der Waals surface area contributed by atoms with Gasteiger partial charge in [-0.15, -0.1) is 0 Å². The number of carboxylic acid groups (broad SMARTS) is 1. The molecule has 0 saturated heterocycles. The molecule has 10 heteroatoms. The average Bonchev–Trinajstić information content (AvgIpc) is 2.81. The van der Waals surface area contributed by atoms with Crippen LogP contribution >= 0.6 is 0 Å². The third-order valence-electron chi connectivity index (χ3n) is 6.34. The Balaban J connectivity index is 1.95. The van der Waals surface area contributed by atoms with Crippen molar-refractivity contribution in [3.8, 4) is 5.75 Å². The van der Waals surface area contributed by atoms with E-state index in [9.17, 15) is 34.2 Å². The van der Waals surface area contributed by atoms with Crippen LogP contribution in [0.25, 0.3) is 0 Å². The summed E-state index contributed by atoms with van der Waals surface area (Å²) in [4.78, 5) is 64.8. The topological polar surface area (TPSA) is 153 Å². The van der Waals surface area contributed by atoms with Crippen LogP contribution in [0.2, 0.25) is 0 Å². The van der Waals surface area contributed by atoms with Crippen molar-refractivity contribution in [3.05, 3.63) is 52.0 Å². The van der Waals surface area contributed by atoms with Gasteiger partial charge in [0.15, 0.2) is 23.4 Å². The highest BCUT2D eigenvalue weighted by Gasteiger charge is 2.66. The number of benzene rings is 1. The molecule has 1 aliphatic heterocycles. The van der Waals surface area contributed by atoms with Gasteiger partial charge in [-0.3, -0.25) is 24.0 Å². The minimum absolute atomic E-state index is 0.00148. The maximum absolute atomic E-state index is 13.3. The van der Waals surface area contributed by atoms with E-state index in [4.69, 9.17) is 14.2 Å². The molecule has 0 radical (unpaired) electrons. The number of carbonyl (C=O) groups excluding carboxylic acids is 4. The Morgan fingerprint density at radius 1 is 1.18 bits per heavy atom. The van der Waals surface area contributed by atoms with Gasteiger partial charge >= 0.3 is 5.97 Å². The van der Waals surface area contributed by atoms with Crippen LogP contribution in [0.4, 0.5) is 0 Å². The third kappa shape index (κ3) is 2.80. The Morgan fingerprint density at radius 3 is 2.45 bits per heavy atom. The van der Waals surface area contributed by atoms with Crippen molar-refractivity contribution in [2.24, 2.45) is 5.41 Å². The van der Waals surface area contributed by atoms with Gasteiger partial charge in [-0.25, -0.2) is 0 Å². The van der Waals surface area contributed by atoms with E-state index in [0.717, 1.165) is 7.11 Å². The van der Waals surface area contributed by atoms with E-state index >= 15 is 0 Å². The summed E-state index contributed by atoms with van der Waals surface area (Å²) in [6, 6.07) is 4.38. The molecular formula is C23H20O10. The molecule has 0 amide bonds. The summed E-state index contributed by atoms with van der Waals surface area (Å²) in [5, 5.41) is 20.9. The summed E-state index contributed by atoms with van der Waals surface area (Å²) in [6.45, 7) is 1.46. The average molecular weight is 456 g/mol. The fourth-order valence-electron chi connectivity index (χ4n) is 4.76. The fraction of sp³-hybridized carbons (Fsp3) is 0.348. The molecule has 0 bridgehead atoms. The zero-order valence-electron chi connectivity index (χ0n) is 18.0. The molecule has 0 spiro atoms. The van der Waals surface area contributed by atoms with Crippen molar-refractivity contribution in [2.75, 3.05) is 14.2 Å². The molecule has 4 rings (SSSR count). The Bertz CT molecular complexity index is 1200. The summed E-state index contributed by atoms with van der Waals surface area (Å²) in [5.74, 6) is -6.04. The highest BCUT2D eigenvalue weighted by molar-refractivity contribution is 6.29. The highest BCUT2D eigenvalue weighted by Crippen LogP contribution is 2.52. The zero-order valence-corrected chi connectivity index (χ0v) is 18.0. The number of carbonyl (C=O) groups is 5. The Morgan fingerprint density at radius 2 is 1.88 bits per heavy atom. The molecule has 1 aromatic carbocycles. The van der Waals surface area contributed by atoms with Crippen LogP contribution in [0.15, 0.2) is 40.9 Å². The molecule has 10 nitrogen and oxygen atoms in total. The summed E-state index contributed by atoms with van der Waals surface area (Å²) in [6.07, 6.45) is -4.34. The normalized spacial score (nSPS) is 26.3. The second-order valence-electron chi connectivity index (χ2n) is 7.89. The number of rotatable bonds is 5. The number of methoxy groups -OCH3 is 2. The molecule has 33 heavy (non-hydrogen) atoms. The number of Topliss-reactive ketones (excluding diaryl/α,β-unsaturated/α-hetero) is 4. The van der Waals surface area contributed by atoms with E-state index in [0.29, 0.717) is 0 Å². The number of hydrogen-bond donors (Lipinski definition) is 2. The van der Waals surface area contributed by atoms with Gasteiger partial charge in [0.25, 0.3) is 0 Å². The van der Waals surface area contributed by atoms with Crippen LogP contribution in [0.5, 0.6) is 5.75 Å². The van der Waals surface area contributed by atoms with Gasteiger partial charge in [0.1, 0.15) is 28.6 Å². The number of aliphatic carboxylic acids is 1. The van der Waals surface area contributed by atoms with Gasteiger partial charge in [-0.2, -0.15) is 0 Å². The molecule has 172 valence electrons. The Labute approximate surface area is 187 Å². The van der Waals surface area contributed by atoms with Crippen molar-refractivity contribution in [1.29, 1.82) is 0 Å². The number of fused-ring (bicyclic) bond motifs is 2. The van der Waals surface area contributed by atoms with Gasteiger partial charge in [0.2, 0.25) is 11.6 Å². The number of ketones is 4. The first-order chi connectivity index (χ1) is 15.6. The molecule has 1 heterocycles. The Hall–Kier alpha value is -3.79. The van der Waals surface area contributed by atoms with E-state index < -0.39 is 70.2 Å². The van der Waals surface area contributed by atoms with E-state index in [2.05, 4.69) is 0 Å². The standard InChI is InChI=1S/C23H20O10/c1-4-11(24)14-17(27)20(32-3)23(22(29)30)8-10-15(25)9-6-5-7-12(31-2)13(9)16(26)19(10)33-21(23)18(14)28/h5-7,20-21,27H,4,8H2,1-3H3,(H,29,30).